The molecule has 0 unspecified atom stereocenters. The zero-order valence-electron chi connectivity index (χ0n) is 7.62. The van der Waals surface area contributed by atoms with Gasteiger partial charge in [0.2, 0.25) is 0 Å². The highest BCUT2D eigenvalue weighted by atomic mass is 32.5. The van der Waals surface area contributed by atoms with Crippen LogP contribution in [0, 0.1) is 0 Å². The Morgan fingerprint density at radius 2 is 1.25 bits per heavy atom. The Morgan fingerprint density at radius 1 is 0.938 bits per heavy atom. The predicted molar refractivity (Wildman–Crippen MR) is 55.8 cm³/mol. The Bertz CT molecular complexity index is 305. The van der Waals surface area contributed by atoms with Crippen LogP contribution in [-0.2, 0) is 26.0 Å². The van der Waals surface area contributed by atoms with Crippen LogP contribution in [0.15, 0.2) is 0 Å². The van der Waals surface area contributed by atoms with Gasteiger partial charge in [-0.2, -0.15) is 0 Å². The molecule has 0 fully saturated rings. The minimum absolute atomic E-state index is 0.720. The summed E-state index contributed by atoms with van der Waals surface area (Å²) in [7, 11) is -4.32. The molecule has 0 saturated carbocycles. The Kier molecular flexibility index (Phi) is 7.98. The lowest BCUT2D eigenvalue weighted by Crippen LogP contribution is -2.01. The summed E-state index contributed by atoms with van der Waals surface area (Å²) in [6.45, 7) is -3.49. The van der Waals surface area contributed by atoms with E-state index < -0.39 is 38.3 Å². The van der Waals surface area contributed by atoms with Crippen LogP contribution in [0.4, 0.5) is 0 Å². The second-order valence-electron chi connectivity index (χ2n) is 2.43. The second kappa shape index (κ2) is 7.08. The Balaban J connectivity index is 0. The molecule has 0 aliphatic carbocycles. The van der Waals surface area contributed by atoms with Crippen LogP contribution in [0.5, 0.6) is 0 Å². The number of hydrogen-bond acceptors (Lipinski definition) is 4. The van der Waals surface area contributed by atoms with E-state index in [-0.39, 0.29) is 0 Å². The zero-order chi connectivity index (χ0) is 13.6. The first-order chi connectivity index (χ1) is 6.83. The quantitative estimate of drug-likeness (QED) is 0.339. The Hall–Kier alpha value is -0.340. The third kappa shape index (κ3) is 23.5. The fourth-order valence-corrected chi connectivity index (χ4v) is 1.39. The van der Waals surface area contributed by atoms with Gasteiger partial charge in [0.15, 0.2) is 6.49 Å². The van der Waals surface area contributed by atoms with Gasteiger partial charge >= 0.3 is 19.5 Å². The molecule has 12 heteroatoms. The first-order valence-corrected chi connectivity index (χ1v) is 8.05. The van der Waals surface area contributed by atoms with Crippen LogP contribution in [0.1, 0.15) is 0 Å². The Labute approximate surface area is 94.7 Å². The minimum Gasteiger partial charge on any atom is -0.481 e. The summed E-state index contributed by atoms with van der Waals surface area (Å²) in [5, 5.41) is 15.6. The average molecular weight is 296 g/mol. The lowest BCUT2D eigenvalue weighted by molar-refractivity contribution is -0.135. The van der Waals surface area contributed by atoms with Gasteiger partial charge in [0, 0.05) is 0 Å². The van der Waals surface area contributed by atoms with Gasteiger partial charge in [0.05, 0.1) is 0 Å². The van der Waals surface area contributed by atoms with E-state index in [1.54, 1.807) is 0 Å². The molecule has 0 rings (SSSR count). The van der Waals surface area contributed by atoms with E-state index >= 15 is 0 Å². The average Bonchev–Trinajstić information content (AvgIpc) is 1.72. The van der Waals surface area contributed by atoms with Gasteiger partial charge in [-0.25, -0.2) is 0 Å². The second-order valence-corrected chi connectivity index (χ2v) is 7.48. The minimum atomic E-state index is -4.32. The fourth-order valence-electron chi connectivity index (χ4n) is 0.352. The van der Waals surface area contributed by atoms with Crippen LogP contribution in [0.2, 0.25) is 0 Å². The molecule has 0 amide bonds. The number of carbonyl (C=O) groups is 2. The Morgan fingerprint density at radius 3 is 1.25 bits per heavy atom. The maximum atomic E-state index is 9.76. The van der Waals surface area contributed by atoms with E-state index in [2.05, 4.69) is 11.8 Å². The molecule has 0 atom stereocenters. The van der Waals surface area contributed by atoms with E-state index in [0.717, 1.165) is 0 Å². The van der Waals surface area contributed by atoms with Crippen molar-refractivity contribution in [1.82, 2.24) is 0 Å². The lowest BCUT2D eigenvalue weighted by Gasteiger charge is -1.99. The van der Waals surface area contributed by atoms with Crippen molar-refractivity contribution in [3.63, 3.8) is 0 Å². The topological polar surface area (TPSA) is 173 Å². The molecule has 0 aliphatic rings. The molecule has 0 aromatic rings. The molecule has 9 nitrogen and oxygen atoms in total. The van der Waals surface area contributed by atoms with Gasteiger partial charge in [-0.05, 0) is 11.8 Å². The lowest BCUT2D eigenvalue weighted by atomic mass is 10.8. The van der Waals surface area contributed by atoms with Crippen molar-refractivity contribution in [1.29, 1.82) is 0 Å². The highest BCUT2D eigenvalue weighted by molar-refractivity contribution is 8.09. The summed E-state index contributed by atoms with van der Waals surface area (Å²) in [6.07, 6.45) is -1.81. The molecule has 0 aromatic heterocycles. The van der Waals surface area contributed by atoms with Crippen molar-refractivity contribution in [3.05, 3.63) is 0 Å². The van der Waals surface area contributed by atoms with Crippen molar-refractivity contribution in [2.45, 2.75) is 0 Å². The smallest absolute Gasteiger partial charge is 0.336 e. The molecule has 96 valence electrons. The third-order valence-electron chi connectivity index (χ3n) is 0.682. The molecule has 0 radical (unpaired) electrons. The number of aliphatic carboxylic acids is 2. The van der Waals surface area contributed by atoms with Gasteiger partial charge in [-0.15, -0.1) is 0 Å². The molecular weight excluding hydrogens is 286 g/mol. The first kappa shape index (κ1) is 18.0. The van der Waals surface area contributed by atoms with Crippen molar-refractivity contribution >= 4 is 37.8 Å². The maximum Gasteiger partial charge on any atom is 0.336 e. The van der Waals surface area contributed by atoms with Crippen LogP contribution < -0.4 is 0 Å². The van der Waals surface area contributed by atoms with Crippen LogP contribution in [0.3, 0.4) is 0 Å². The van der Waals surface area contributed by atoms with Crippen molar-refractivity contribution in [2.24, 2.45) is 0 Å². The van der Waals surface area contributed by atoms with Gasteiger partial charge in [0.25, 0.3) is 0 Å². The summed E-state index contributed by atoms with van der Waals surface area (Å²) in [6, 6.07) is 0. The predicted octanol–water partition coefficient (Wildman–Crippen LogP) is -1.39. The van der Waals surface area contributed by atoms with Crippen LogP contribution in [0.25, 0.3) is 0 Å². The molecule has 6 N–H and O–H groups in total. The van der Waals surface area contributed by atoms with E-state index in [0.29, 0.717) is 0 Å². The van der Waals surface area contributed by atoms with Crippen molar-refractivity contribution in [3.8, 4) is 0 Å². The maximum absolute atomic E-state index is 9.76. The van der Waals surface area contributed by atoms with Gasteiger partial charge in [0.1, 0.15) is 12.3 Å². The monoisotopic (exact) mass is 296 g/mol. The molecule has 0 aliphatic heterocycles. The van der Waals surface area contributed by atoms with Crippen LogP contribution >= 0.6 is 14.1 Å². The number of carboxylic acid groups (broad SMARTS) is 2. The van der Waals surface area contributed by atoms with E-state index in [1.165, 1.54) is 0 Å². The van der Waals surface area contributed by atoms with Gasteiger partial charge in [-0.1, -0.05) is 0 Å². The summed E-state index contributed by atoms with van der Waals surface area (Å²) >= 11 is 4.00. The largest absolute Gasteiger partial charge is 0.481 e. The van der Waals surface area contributed by atoms with E-state index in [4.69, 9.17) is 29.8 Å². The van der Waals surface area contributed by atoms with Gasteiger partial charge in [-0.3, -0.25) is 14.2 Å². The number of rotatable bonds is 4. The van der Waals surface area contributed by atoms with E-state index in [1.807, 2.05) is 0 Å². The SMILES string of the molecule is O=C(O)CP(=O)(O)O.O=C(O)CP(O)(O)=S. The van der Waals surface area contributed by atoms with Crippen molar-refractivity contribution < 1.29 is 43.9 Å². The summed E-state index contributed by atoms with van der Waals surface area (Å²) in [5.41, 5.74) is 0. The fraction of sp³-hybridized carbons (Fsp3) is 0.500. The zero-order valence-corrected chi connectivity index (χ0v) is 10.2. The standard InChI is InChI=1S/C2H5O5P.C2H5O4PS/c3-2(4)1-8(5,6)7;3-2(4)1-7(5,6)8/h1H2,(H,3,4)(H2,5,6,7);1H2,(H,3,4)(H2,5,6,8). The summed E-state index contributed by atoms with van der Waals surface area (Å²) in [5.74, 6) is -2.77. The molecule has 0 heterocycles. The van der Waals surface area contributed by atoms with Crippen molar-refractivity contribution in [2.75, 3.05) is 12.3 Å². The highest BCUT2D eigenvalue weighted by Gasteiger charge is 2.17. The molecule has 0 bridgehead atoms. The van der Waals surface area contributed by atoms with E-state index in [9.17, 15) is 14.2 Å². The highest BCUT2D eigenvalue weighted by Crippen LogP contribution is 2.33. The summed E-state index contributed by atoms with van der Waals surface area (Å²) < 4.78 is 9.76. The number of hydrogen-bond donors (Lipinski definition) is 6. The first-order valence-electron chi connectivity index (χ1n) is 3.36. The molecular formula is C4H10O9P2S. The number of carboxylic acids is 2. The normalized spacial score (nSPS) is 11.2. The third-order valence-corrected chi connectivity index (χ3v) is 2.43. The molecule has 0 saturated heterocycles. The molecule has 0 spiro atoms. The molecule has 0 aromatic carbocycles. The molecule has 16 heavy (non-hydrogen) atoms. The van der Waals surface area contributed by atoms with Gasteiger partial charge < -0.3 is 29.8 Å². The van der Waals surface area contributed by atoms with Crippen LogP contribution in [-0.4, -0.2) is 54.0 Å². The summed E-state index contributed by atoms with van der Waals surface area (Å²) in [4.78, 5) is 51.6.